The lowest BCUT2D eigenvalue weighted by atomic mass is 9.97. The zero-order valence-electron chi connectivity index (χ0n) is 20.3. The third kappa shape index (κ3) is 5.78. The summed E-state index contributed by atoms with van der Waals surface area (Å²) in [5.41, 5.74) is -1.34. The topological polar surface area (TPSA) is 112 Å². The first-order chi connectivity index (χ1) is 17.9. The molecule has 4 rings (SSSR count). The predicted octanol–water partition coefficient (Wildman–Crippen LogP) is 4.26. The summed E-state index contributed by atoms with van der Waals surface area (Å²) in [7, 11) is -4.73. The zero-order chi connectivity index (χ0) is 27.7. The normalized spacial score (nSPS) is 25.8. The molecule has 1 saturated heterocycles. The first kappa shape index (κ1) is 27.8. The summed E-state index contributed by atoms with van der Waals surface area (Å²) in [4.78, 5) is 24.3. The maximum atomic E-state index is 15.1. The average Bonchev–Trinajstić information content (AvgIpc) is 3.12. The van der Waals surface area contributed by atoms with Crippen molar-refractivity contribution in [3.05, 3.63) is 71.9 Å². The number of alkyl halides is 3. The van der Waals surface area contributed by atoms with Gasteiger partial charge in [0.2, 0.25) is 5.91 Å². The van der Waals surface area contributed by atoms with Gasteiger partial charge in [-0.05, 0) is 44.2 Å². The Labute approximate surface area is 216 Å². The molecular formula is C25H25F3NO8P. The molecule has 2 aliphatic rings. The molecule has 0 aromatic heterocycles. The van der Waals surface area contributed by atoms with E-state index in [1.165, 1.54) is 24.3 Å². The van der Waals surface area contributed by atoms with Crippen molar-refractivity contribution in [1.82, 2.24) is 4.90 Å². The third-order valence-corrected chi connectivity index (χ3v) is 7.33. The Morgan fingerprint density at radius 1 is 1.05 bits per heavy atom. The Kier molecular flexibility index (Phi) is 7.98. The number of aliphatic hydroxyl groups is 1. The van der Waals surface area contributed by atoms with Crippen molar-refractivity contribution in [1.29, 1.82) is 0 Å². The molecule has 2 aromatic rings. The molecule has 0 radical (unpaired) electrons. The van der Waals surface area contributed by atoms with Crippen molar-refractivity contribution < 1.29 is 50.7 Å². The van der Waals surface area contributed by atoms with E-state index in [9.17, 15) is 28.0 Å². The van der Waals surface area contributed by atoms with E-state index in [0.717, 1.165) is 23.4 Å². The fourth-order valence-electron chi connectivity index (χ4n) is 3.84. The molecule has 0 saturated carbocycles. The lowest BCUT2D eigenvalue weighted by Crippen LogP contribution is -2.52. The summed E-state index contributed by atoms with van der Waals surface area (Å²) in [6, 6.07) is 12.4. The number of aliphatic hydroxyl groups excluding tert-OH is 1. The lowest BCUT2D eigenvalue weighted by molar-refractivity contribution is -0.200. The number of allylic oxidation sites excluding steroid dienone is 1. The number of carbonyl (C=O) groups is 2. The summed E-state index contributed by atoms with van der Waals surface area (Å²) >= 11 is 0. The van der Waals surface area contributed by atoms with Crippen molar-refractivity contribution >= 4 is 19.5 Å². The predicted molar refractivity (Wildman–Crippen MR) is 127 cm³/mol. The van der Waals surface area contributed by atoms with Crippen LogP contribution in [0.1, 0.15) is 17.5 Å². The number of phosphoric ester groups is 1. The van der Waals surface area contributed by atoms with Gasteiger partial charge in [-0.25, -0.2) is 17.7 Å². The van der Waals surface area contributed by atoms with E-state index >= 15 is 4.39 Å². The van der Waals surface area contributed by atoms with Crippen LogP contribution in [0.4, 0.5) is 13.2 Å². The van der Waals surface area contributed by atoms with Crippen LogP contribution in [-0.4, -0.2) is 58.8 Å². The Bertz CT molecular complexity index is 1200. The summed E-state index contributed by atoms with van der Waals surface area (Å²) < 4.78 is 78.8. The number of ketones is 1. The van der Waals surface area contributed by atoms with Crippen LogP contribution in [0.3, 0.4) is 0 Å². The summed E-state index contributed by atoms with van der Waals surface area (Å²) in [5, 5.41) is 10.5. The monoisotopic (exact) mass is 555 g/mol. The van der Waals surface area contributed by atoms with Crippen LogP contribution < -0.4 is 9.05 Å². The molecule has 0 spiro atoms. The van der Waals surface area contributed by atoms with Crippen LogP contribution in [-0.2, 0) is 23.4 Å². The van der Waals surface area contributed by atoms with Gasteiger partial charge in [0.05, 0.1) is 13.0 Å². The Morgan fingerprint density at radius 2 is 1.58 bits per heavy atom. The molecular weight excluding hydrogens is 530 g/mol. The molecule has 13 heteroatoms. The molecule has 0 bridgehead atoms. The quantitative estimate of drug-likeness (QED) is 0.361. The number of phosphoric acid groups is 1. The smallest absolute Gasteiger partial charge is 0.395 e. The highest BCUT2D eigenvalue weighted by molar-refractivity contribution is 7.49. The van der Waals surface area contributed by atoms with Gasteiger partial charge >= 0.3 is 7.82 Å². The molecule has 38 heavy (non-hydrogen) atoms. The van der Waals surface area contributed by atoms with Crippen LogP contribution in [0.25, 0.3) is 0 Å². The van der Waals surface area contributed by atoms with E-state index in [-0.39, 0.29) is 11.5 Å². The minimum absolute atomic E-state index is 0.0278. The second kappa shape index (κ2) is 10.9. The van der Waals surface area contributed by atoms with E-state index in [1.54, 1.807) is 38.1 Å². The van der Waals surface area contributed by atoms with Crippen LogP contribution in [0, 0.1) is 13.8 Å². The van der Waals surface area contributed by atoms with E-state index in [1.807, 2.05) is 0 Å². The molecule has 2 aromatic carbocycles. The molecule has 0 aliphatic carbocycles. The highest BCUT2D eigenvalue weighted by Gasteiger charge is 2.63. The Hall–Kier alpha value is -3.18. The Morgan fingerprint density at radius 3 is 2.05 bits per heavy atom. The van der Waals surface area contributed by atoms with Crippen molar-refractivity contribution in [3.63, 3.8) is 0 Å². The number of ether oxygens (including phenoxy) is 1. The molecule has 9 nitrogen and oxygen atoms in total. The van der Waals surface area contributed by atoms with Crippen molar-refractivity contribution in [2.75, 3.05) is 6.61 Å². The van der Waals surface area contributed by atoms with Gasteiger partial charge in [-0.1, -0.05) is 35.4 Å². The van der Waals surface area contributed by atoms with Crippen LogP contribution in [0.15, 0.2) is 60.8 Å². The molecule has 2 heterocycles. The SMILES string of the molecule is Cc1ccc(OP(=O)(OC[C@@]2(C(F)F)O[C@@H](N3C=CC(=O)CC3=O)[C@@H](F)[C@@H]2O)Oc2ccc(C)cc2)cc1. The van der Waals surface area contributed by atoms with Crippen molar-refractivity contribution in [2.24, 2.45) is 0 Å². The molecule has 2 aliphatic heterocycles. The number of aryl methyl sites for hydroxylation is 2. The third-order valence-electron chi connectivity index (χ3n) is 6.02. The van der Waals surface area contributed by atoms with E-state index in [4.69, 9.17) is 18.3 Å². The first-order valence-electron chi connectivity index (χ1n) is 11.5. The standard InChI is InChI=1S/C25H25F3NO8P/c1-15-3-7-18(8-4-15)36-38(33,37-19-9-5-16(2)6-10-19)34-14-25(24(27)28)22(32)21(26)23(35-25)29-12-11-17(30)13-20(29)31/h3-12,21-24,32H,13-14H2,1-2H3/t21-,22-,23+,25+/m0/s1. The molecule has 1 fully saturated rings. The largest absolute Gasteiger partial charge is 0.587 e. The number of rotatable bonds is 9. The maximum absolute atomic E-state index is 15.1. The number of carbonyl (C=O) groups excluding carboxylic acids is 2. The fraction of sp³-hybridized carbons (Fsp3) is 0.360. The second-order valence-corrected chi connectivity index (χ2v) is 10.5. The first-order valence-corrected chi connectivity index (χ1v) is 13.0. The van der Waals surface area contributed by atoms with Gasteiger partial charge in [0.15, 0.2) is 23.8 Å². The van der Waals surface area contributed by atoms with Gasteiger partial charge in [-0.15, -0.1) is 0 Å². The highest BCUT2D eigenvalue weighted by atomic mass is 31.2. The molecule has 0 unspecified atom stereocenters. The van der Waals surface area contributed by atoms with Crippen LogP contribution in [0.5, 0.6) is 11.5 Å². The summed E-state index contributed by atoms with van der Waals surface area (Å²) in [5.74, 6) is -1.41. The number of benzene rings is 2. The summed E-state index contributed by atoms with van der Waals surface area (Å²) in [6.45, 7) is 2.27. The molecule has 1 amide bonds. The van der Waals surface area contributed by atoms with Gasteiger partial charge in [-0.3, -0.25) is 19.0 Å². The number of halogens is 3. The minimum atomic E-state index is -4.73. The van der Waals surface area contributed by atoms with Crippen molar-refractivity contribution in [2.45, 2.75) is 50.8 Å². The minimum Gasteiger partial charge on any atom is -0.395 e. The van der Waals surface area contributed by atoms with Crippen LogP contribution >= 0.6 is 7.82 Å². The molecule has 1 N–H and O–H groups in total. The van der Waals surface area contributed by atoms with Crippen LogP contribution in [0.2, 0.25) is 0 Å². The summed E-state index contributed by atoms with van der Waals surface area (Å²) in [6.07, 6.45) is -9.33. The second-order valence-electron chi connectivity index (χ2n) is 8.94. The number of nitrogens with zero attached hydrogens (tertiary/aromatic N) is 1. The highest BCUT2D eigenvalue weighted by Crippen LogP contribution is 2.52. The molecule has 4 atom stereocenters. The number of hydrogen-bond acceptors (Lipinski definition) is 8. The van der Waals surface area contributed by atoms with Gasteiger partial charge in [0.25, 0.3) is 6.43 Å². The molecule has 204 valence electrons. The number of amides is 1. The lowest BCUT2D eigenvalue weighted by Gasteiger charge is -2.33. The van der Waals surface area contributed by atoms with Gasteiger partial charge in [0, 0.05) is 6.20 Å². The average molecular weight is 555 g/mol. The fourth-order valence-corrected chi connectivity index (χ4v) is 5.10. The van der Waals surface area contributed by atoms with Crippen molar-refractivity contribution in [3.8, 4) is 11.5 Å². The number of hydrogen-bond donors (Lipinski definition) is 1. The van der Waals surface area contributed by atoms with E-state index in [2.05, 4.69) is 0 Å². The zero-order valence-corrected chi connectivity index (χ0v) is 21.2. The van der Waals surface area contributed by atoms with E-state index in [0.29, 0.717) is 4.90 Å². The van der Waals surface area contributed by atoms with Gasteiger partial charge in [-0.2, -0.15) is 0 Å². The van der Waals surface area contributed by atoms with E-state index < -0.39 is 63.1 Å². The van der Waals surface area contributed by atoms with Gasteiger partial charge in [0.1, 0.15) is 17.6 Å². The Balaban J connectivity index is 1.61. The maximum Gasteiger partial charge on any atom is 0.587 e. The van der Waals surface area contributed by atoms with Gasteiger partial charge < -0.3 is 18.9 Å².